The van der Waals surface area contributed by atoms with Crippen molar-refractivity contribution in [2.75, 3.05) is 12.0 Å². The largest absolute Gasteiger partial charge is 0.494 e. The SMILES string of the molecule is COc1cccc([N+](=O)[O-])c1N1C(=O)C=CC1=O. The highest BCUT2D eigenvalue weighted by molar-refractivity contribution is 6.29. The van der Waals surface area contributed by atoms with Crippen LogP contribution in [0, 0.1) is 10.1 Å². The third-order valence-corrected chi connectivity index (χ3v) is 2.43. The summed E-state index contributed by atoms with van der Waals surface area (Å²) >= 11 is 0. The van der Waals surface area contributed by atoms with Crippen LogP contribution < -0.4 is 9.64 Å². The lowest BCUT2D eigenvalue weighted by Crippen LogP contribution is -2.30. The van der Waals surface area contributed by atoms with Crippen molar-refractivity contribution in [3.05, 3.63) is 40.5 Å². The van der Waals surface area contributed by atoms with Crippen molar-refractivity contribution in [3.8, 4) is 5.75 Å². The van der Waals surface area contributed by atoms with Crippen LogP contribution in [0.15, 0.2) is 30.4 Å². The Balaban J connectivity index is 2.65. The molecule has 0 fully saturated rings. The van der Waals surface area contributed by atoms with Gasteiger partial charge < -0.3 is 4.74 Å². The average molecular weight is 248 g/mol. The third-order valence-electron chi connectivity index (χ3n) is 2.43. The van der Waals surface area contributed by atoms with E-state index in [9.17, 15) is 19.7 Å². The molecular weight excluding hydrogens is 240 g/mol. The van der Waals surface area contributed by atoms with Crippen molar-refractivity contribution in [1.29, 1.82) is 0 Å². The molecule has 0 N–H and O–H groups in total. The van der Waals surface area contributed by atoms with E-state index in [2.05, 4.69) is 0 Å². The molecule has 0 unspecified atom stereocenters. The number of carbonyl (C=O) groups excluding carboxylic acids is 2. The highest BCUT2D eigenvalue weighted by Crippen LogP contribution is 2.38. The van der Waals surface area contributed by atoms with Crippen LogP contribution >= 0.6 is 0 Å². The van der Waals surface area contributed by atoms with Gasteiger partial charge >= 0.3 is 0 Å². The molecule has 1 aliphatic heterocycles. The Morgan fingerprint density at radius 2 is 1.83 bits per heavy atom. The third kappa shape index (κ3) is 1.71. The van der Waals surface area contributed by atoms with Gasteiger partial charge in [0.1, 0.15) is 5.75 Å². The number of carbonyl (C=O) groups is 2. The molecule has 0 spiro atoms. The van der Waals surface area contributed by atoms with Crippen molar-refractivity contribution in [1.82, 2.24) is 0 Å². The number of nitro groups is 1. The summed E-state index contributed by atoms with van der Waals surface area (Å²) < 4.78 is 4.97. The Morgan fingerprint density at radius 1 is 1.22 bits per heavy atom. The Labute approximate surface area is 101 Å². The van der Waals surface area contributed by atoms with Crippen LogP contribution in [-0.2, 0) is 9.59 Å². The van der Waals surface area contributed by atoms with Crippen LogP contribution in [0.4, 0.5) is 11.4 Å². The molecule has 0 aromatic heterocycles. The molecule has 0 saturated heterocycles. The predicted octanol–water partition coefficient (Wildman–Crippen LogP) is 1.03. The van der Waals surface area contributed by atoms with E-state index in [1.54, 1.807) is 0 Å². The number of benzene rings is 1. The van der Waals surface area contributed by atoms with Crippen molar-refractivity contribution in [3.63, 3.8) is 0 Å². The monoisotopic (exact) mass is 248 g/mol. The summed E-state index contributed by atoms with van der Waals surface area (Å²) in [5.41, 5.74) is -0.509. The fourth-order valence-electron chi connectivity index (χ4n) is 1.67. The van der Waals surface area contributed by atoms with E-state index in [1.165, 1.54) is 25.3 Å². The number of rotatable bonds is 3. The van der Waals surface area contributed by atoms with Gasteiger partial charge in [-0.3, -0.25) is 19.7 Å². The summed E-state index contributed by atoms with van der Waals surface area (Å²) in [6.45, 7) is 0. The van der Waals surface area contributed by atoms with Gasteiger partial charge in [-0.25, -0.2) is 4.90 Å². The second-order valence-electron chi connectivity index (χ2n) is 3.43. The van der Waals surface area contributed by atoms with Gasteiger partial charge in [-0.2, -0.15) is 0 Å². The minimum absolute atomic E-state index is 0.0922. The van der Waals surface area contributed by atoms with Crippen molar-refractivity contribution in [2.45, 2.75) is 0 Å². The van der Waals surface area contributed by atoms with Crippen LogP contribution in [0.3, 0.4) is 0 Å². The molecule has 0 bridgehead atoms. The maximum Gasteiger partial charge on any atom is 0.297 e. The van der Waals surface area contributed by atoms with Gasteiger partial charge in [-0.05, 0) is 6.07 Å². The first kappa shape index (κ1) is 11.8. The fraction of sp³-hybridized carbons (Fsp3) is 0.0909. The zero-order chi connectivity index (χ0) is 13.3. The number of hydrogen-bond acceptors (Lipinski definition) is 5. The average Bonchev–Trinajstić information content (AvgIpc) is 2.68. The lowest BCUT2D eigenvalue weighted by atomic mass is 10.2. The van der Waals surface area contributed by atoms with Crippen LogP contribution in [0.25, 0.3) is 0 Å². The number of imide groups is 1. The summed E-state index contributed by atoms with van der Waals surface area (Å²) in [5.74, 6) is -1.17. The second-order valence-corrected chi connectivity index (χ2v) is 3.43. The number of anilines is 1. The van der Waals surface area contributed by atoms with Crippen molar-refractivity contribution >= 4 is 23.2 Å². The van der Waals surface area contributed by atoms with Gasteiger partial charge in [0.25, 0.3) is 17.5 Å². The van der Waals surface area contributed by atoms with Gasteiger partial charge in [-0.1, -0.05) is 6.07 Å². The highest BCUT2D eigenvalue weighted by Gasteiger charge is 2.34. The van der Waals surface area contributed by atoms with E-state index in [1.807, 2.05) is 0 Å². The molecule has 1 aliphatic rings. The first-order chi connectivity index (χ1) is 8.56. The van der Waals surface area contributed by atoms with Crippen molar-refractivity contribution < 1.29 is 19.2 Å². The first-order valence-electron chi connectivity index (χ1n) is 4.93. The summed E-state index contributed by atoms with van der Waals surface area (Å²) in [6, 6.07) is 4.07. The predicted molar refractivity (Wildman–Crippen MR) is 61.3 cm³/mol. The normalized spacial score (nSPS) is 14.2. The number of nitrogens with zero attached hydrogens (tertiary/aromatic N) is 2. The molecule has 92 valence electrons. The Hall–Kier alpha value is -2.70. The molecule has 0 saturated carbocycles. The number of nitro benzene ring substituents is 1. The molecule has 0 radical (unpaired) electrons. The van der Waals surface area contributed by atoms with E-state index in [4.69, 9.17) is 4.74 Å². The maximum absolute atomic E-state index is 11.6. The minimum Gasteiger partial charge on any atom is -0.494 e. The smallest absolute Gasteiger partial charge is 0.297 e. The Kier molecular flexibility index (Phi) is 2.80. The molecule has 2 amide bonds. The molecule has 0 atom stereocenters. The van der Waals surface area contributed by atoms with E-state index < -0.39 is 16.7 Å². The van der Waals surface area contributed by atoms with Gasteiger partial charge in [-0.15, -0.1) is 0 Å². The van der Waals surface area contributed by atoms with E-state index in [-0.39, 0.29) is 17.1 Å². The number of para-hydroxylation sites is 1. The zero-order valence-corrected chi connectivity index (χ0v) is 9.32. The molecule has 1 aromatic carbocycles. The Morgan fingerprint density at radius 3 is 2.33 bits per heavy atom. The van der Waals surface area contributed by atoms with Gasteiger partial charge in [0, 0.05) is 18.2 Å². The Bertz CT molecular complexity index is 561. The summed E-state index contributed by atoms with van der Waals surface area (Å²) in [5, 5.41) is 10.9. The molecule has 2 rings (SSSR count). The molecule has 7 nitrogen and oxygen atoms in total. The standard InChI is InChI=1S/C11H8N2O5/c1-18-8-4-2-3-7(13(16)17)11(8)12-9(14)5-6-10(12)15/h2-6H,1H3. The van der Waals surface area contributed by atoms with Crippen LogP contribution in [0.1, 0.15) is 0 Å². The molecule has 7 heteroatoms. The summed E-state index contributed by atoms with van der Waals surface area (Å²) in [7, 11) is 1.31. The lowest BCUT2D eigenvalue weighted by molar-refractivity contribution is -0.384. The second kappa shape index (κ2) is 4.28. The van der Waals surface area contributed by atoms with Crippen LogP contribution in [0.2, 0.25) is 0 Å². The number of methoxy groups -OCH3 is 1. The van der Waals surface area contributed by atoms with E-state index in [0.717, 1.165) is 17.1 Å². The molecule has 1 heterocycles. The number of amides is 2. The van der Waals surface area contributed by atoms with Gasteiger partial charge in [0.15, 0.2) is 5.69 Å². The number of hydrogen-bond donors (Lipinski definition) is 0. The maximum atomic E-state index is 11.6. The molecule has 0 aliphatic carbocycles. The highest BCUT2D eigenvalue weighted by atomic mass is 16.6. The minimum atomic E-state index is -0.670. The summed E-state index contributed by atoms with van der Waals surface area (Å²) in [4.78, 5) is 34.1. The first-order valence-corrected chi connectivity index (χ1v) is 4.93. The lowest BCUT2D eigenvalue weighted by Gasteiger charge is -2.16. The molecule has 1 aromatic rings. The van der Waals surface area contributed by atoms with Crippen LogP contribution in [0.5, 0.6) is 5.75 Å². The van der Waals surface area contributed by atoms with Crippen LogP contribution in [-0.4, -0.2) is 23.8 Å². The fourth-order valence-corrected chi connectivity index (χ4v) is 1.67. The van der Waals surface area contributed by atoms with Gasteiger partial charge in [0.2, 0.25) is 0 Å². The zero-order valence-electron chi connectivity index (χ0n) is 9.32. The molecule has 18 heavy (non-hydrogen) atoms. The summed E-state index contributed by atoms with van der Waals surface area (Å²) in [6.07, 6.45) is 2.11. The number of ether oxygens (including phenoxy) is 1. The quantitative estimate of drug-likeness (QED) is 0.452. The van der Waals surface area contributed by atoms with Crippen molar-refractivity contribution in [2.24, 2.45) is 0 Å². The van der Waals surface area contributed by atoms with E-state index in [0.29, 0.717) is 0 Å². The van der Waals surface area contributed by atoms with Gasteiger partial charge in [0.05, 0.1) is 12.0 Å². The topological polar surface area (TPSA) is 89.8 Å². The molecular formula is C11H8N2O5. The van der Waals surface area contributed by atoms with E-state index >= 15 is 0 Å².